The average Bonchev–Trinajstić information content (AvgIpc) is 3.01. The quantitative estimate of drug-likeness (QED) is 0.616. The van der Waals surface area contributed by atoms with Crippen molar-refractivity contribution in [3.63, 3.8) is 0 Å². The van der Waals surface area contributed by atoms with E-state index in [2.05, 4.69) is 22.6 Å². The van der Waals surface area contributed by atoms with E-state index in [4.69, 9.17) is 4.74 Å². The van der Waals surface area contributed by atoms with Gasteiger partial charge in [0.1, 0.15) is 10.0 Å². The molecule has 0 fully saturated rings. The van der Waals surface area contributed by atoms with Gasteiger partial charge in [0, 0.05) is 36.7 Å². The summed E-state index contributed by atoms with van der Waals surface area (Å²) < 4.78 is 5.00. The number of esters is 1. The molecule has 2 rings (SSSR count). The van der Waals surface area contributed by atoms with E-state index < -0.39 is 5.97 Å². The first kappa shape index (κ1) is 19.4. The van der Waals surface area contributed by atoms with E-state index in [1.165, 1.54) is 17.5 Å². The standard InChI is InChI=1S/C17H21N3O3S2/c1-5-23-17(22)13-6-12(7-18-8-13)14-19-11(3)16(25-14)20(4)15(21)10(2)9-24/h6-8,10,24H,5,9H2,1-4H3. The molecule has 8 heteroatoms. The van der Waals surface area contributed by atoms with Crippen LogP contribution in [0.4, 0.5) is 5.00 Å². The Kier molecular flexibility index (Phi) is 6.55. The van der Waals surface area contributed by atoms with Crippen LogP contribution in [0.5, 0.6) is 0 Å². The molecule has 6 nitrogen and oxygen atoms in total. The van der Waals surface area contributed by atoms with Gasteiger partial charge in [0.05, 0.1) is 17.9 Å². The van der Waals surface area contributed by atoms with Gasteiger partial charge in [-0.05, 0) is 19.9 Å². The van der Waals surface area contributed by atoms with Crippen LogP contribution >= 0.6 is 24.0 Å². The van der Waals surface area contributed by atoms with Gasteiger partial charge in [0.2, 0.25) is 5.91 Å². The van der Waals surface area contributed by atoms with Crippen molar-refractivity contribution >= 4 is 40.8 Å². The lowest BCUT2D eigenvalue weighted by molar-refractivity contribution is -0.120. The predicted molar refractivity (Wildman–Crippen MR) is 102 cm³/mol. The summed E-state index contributed by atoms with van der Waals surface area (Å²) in [4.78, 5) is 34.5. The fourth-order valence-electron chi connectivity index (χ4n) is 2.21. The number of aryl methyl sites for hydroxylation is 1. The highest BCUT2D eigenvalue weighted by molar-refractivity contribution is 7.80. The average molecular weight is 380 g/mol. The number of ether oxygens (including phenoxy) is 1. The molecule has 1 amide bonds. The molecule has 1 unspecified atom stereocenters. The third kappa shape index (κ3) is 4.38. The Morgan fingerprint density at radius 3 is 2.76 bits per heavy atom. The van der Waals surface area contributed by atoms with Gasteiger partial charge in [-0.2, -0.15) is 12.6 Å². The van der Waals surface area contributed by atoms with Crippen molar-refractivity contribution in [3.8, 4) is 10.6 Å². The lowest BCUT2D eigenvalue weighted by Crippen LogP contribution is -2.32. The van der Waals surface area contributed by atoms with Crippen LogP contribution in [-0.2, 0) is 9.53 Å². The number of thiol groups is 1. The Balaban J connectivity index is 2.32. The van der Waals surface area contributed by atoms with Crippen molar-refractivity contribution in [2.45, 2.75) is 20.8 Å². The maximum atomic E-state index is 12.4. The number of aromatic nitrogens is 2. The SMILES string of the molecule is CCOC(=O)c1cncc(-c2nc(C)c(N(C)C(=O)C(C)CS)s2)c1. The van der Waals surface area contributed by atoms with Crippen molar-refractivity contribution in [3.05, 3.63) is 29.7 Å². The Labute approximate surface area is 156 Å². The number of hydrogen-bond donors (Lipinski definition) is 1. The molecule has 0 N–H and O–H groups in total. The molecule has 1 atom stereocenters. The van der Waals surface area contributed by atoms with Crippen LogP contribution in [0.2, 0.25) is 0 Å². The summed E-state index contributed by atoms with van der Waals surface area (Å²) in [6.07, 6.45) is 3.11. The first-order valence-electron chi connectivity index (χ1n) is 7.87. The molecule has 2 aromatic rings. The van der Waals surface area contributed by atoms with Gasteiger partial charge in [-0.1, -0.05) is 18.3 Å². The summed E-state index contributed by atoms with van der Waals surface area (Å²) in [6.45, 7) is 5.76. The Morgan fingerprint density at radius 1 is 1.40 bits per heavy atom. The number of thiazole rings is 1. The van der Waals surface area contributed by atoms with E-state index >= 15 is 0 Å². The highest BCUT2D eigenvalue weighted by Gasteiger charge is 2.22. The Morgan fingerprint density at radius 2 is 2.12 bits per heavy atom. The minimum Gasteiger partial charge on any atom is -0.462 e. The number of nitrogens with zero attached hydrogens (tertiary/aromatic N) is 3. The van der Waals surface area contributed by atoms with Crippen molar-refractivity contribution in [2.24, 2.45) is 5.92 Å². The smallest absolute Gasteiger partial charge is 0.339 e. The highest BCUT2D eigenvalue weighted by atomic mass is 32.1. The first-order chi connectivity index (χ1) is 11.9. The van der Waals surface area contributed by atoms with Crippen LogP contribution in [-0.4, -0.2) is 41.3 Å². The normalized spacial score (nSPS) is 11.9. The number of carbonyl (C=O) groups is 2. The molecule has 0 spiro atoms. The third-order valence-electron chi connectivity index (χ3n) is 3.60. The summed E-state index contributed by atoms with van der Waals surface area (Å²) in [5.41, 5.74) is 1.85. The number of hydrogen-bond acceptors (Lipinski definition) is 7. The molecule has 2 aromatic heterocycles. The van der Waals surface area contributed by atoms with Gasteiger partial charge in [-0.3, -0.25) is 9.78 Å². The predicted octanol–water partition coefficient (Wildman–Crippen LogP) is 3.22. The molecule has 134 valence electrons. The fraction of sp³-hybridized carbons (Fsp3) is 0.412. The van der Waals surface area contributed by atoms with Crippen molar-refractivity contribution < 1.29 is 14.3 Å². The van der Waals surface area contributed by atoms with Gasteiger partial charge in [-0.15, -0.1) is 0 Å². The van der Waals surface area contributed by atoms with E-state index in [0.29, 0.717) is 28.5 Å². The van der Waals surface area contributed by atoms with E-state index in [1.807, 2.05) is 13.8 Å². The molecule has 0 aliphatic heterocycles. The van der Waals surface area contributed by atoms with Gasteiger partial charge < -0.3 is 9.64 Å². The lowest BCUT2D eigenvalue weighted by Gasteiger charge is -2.19. The van der Waals surface area contributed by atoms with Crippen molar-refractivity contribution in [2.75, 3.05) is 24.3 Å². The number of carbonyl (C=O) groups excluding carboxylic acids is 2. The fourth-order valence-corrected chi connectivity index (χ4v) is 3.39. The minimum atomic E-state index is -0.416. The maximum absolute atomic E-state index is 12.4. The highest BCUT2D eigenvalue weighted by Crippen LogP contribution is 2.34. The zero-order valence-corrected chi connectivity index (χ0v) is 16.4. The number of amides is 1. The number of rotatable bonds is 6. The minimum absolute atomic E-state index is 0.00769. The lowest BCUT2D eigenvalue weighted by atomic mass is 10.2. The van der Waals surface area contributed by atoms with E-state index in [9.17, 15) is 9.59 Å². The second kappa shape index (κ2) is 8.44. The second-order valence-corrected chi connectivity index (χ2v) is 6.92. The summed E-state index contributed by atoms with van der Waals surface area (Å²) in [7, 11) is 1.74. The first-order valence-corrected chi connectivity index (χ1v) is 9.32. The molecule has 0 bridgehead atoms. The third-order valence-corrected chi connectivity index (χ3v) is 5.43. The molecule has 0 aromatic carbocycles. The molecule has 0 aliphatic rings. The summed E-state index contributed by atoms with van der Waals surface area (Å²) in [5, 5.41) is 1.47. The molecule has 0 saturated carbocycles. The van der Waals surface area contributed by atoms with Gasteiger partial charge in [-0.25, -0.2) is 9.78 Å². The van der Waals surface area contributed by atoms with Crippen LogP contribution in [0.25, 0.3) is 10.6 Å². The Hall–Kier alpha value is -1.93. The molecule has 0 radical (unpaired) electrons. The monoisotopic (exact) mass is 379 g/mol. The topological polar surface area (TPSA) is 72.4 Å². The van der Waals surface area contributed by atoms with E-state index in [0.717, 1.165) is 10.7 Å². The maximum Gasteiger partial charge on any atom is 0.339 e. The summed E-state index contributed by atoms with van der Waals surface area (Å²) in [5.74, 6) is -0.113. The van der Waals surface area contributed by atoms with Gasteiger partial charge >= 0.3 is 5.97 Å². The van der Waals surface area contributed by atoms with Crippen LogP contribution in [0.15, 0.2) is 18.5 Å². The van der Waals surface area contributed by atoms with Crippen LogP contribution < -0.4 is 4.90 Å². The molecule has 0 aliphatic carbocycles. The zero-order valence-electron chi connectivity index (χ0n) is 14.6. The molecular weight excluding hydrogens is 358 g/mol. The molecule has 25 heavy (non-hydrogen) atoms. The van der Waals surface area contributed by atoms with Crippen LogP contribution in [0.1, 0.15) is 29.9 Å². The Bertz CT molecular complexity index is 776. The molecular formula is C17H21N3O3S2. The van der Waals surface area contributed by atoms with Crippen LogP contribution in [0, 0.1) is 12.8 Å². The van der Waals surface area contributed by atoms with Gasteiger partial charge in [0.15, 0.2) is 0 Å². The largest absolute Gasteiger partial charge is 0.462 e. The summed E-state index contributed by atoms with van der Waals surface area (Å²) >= 11 is 5.57. The van der Waals surface area contributed by atoms with Crippen molar-refractivity contribution in [1.29, 1.82) is 0 Å². The number of pyridine rings is 1. The van der Waals surface area contributed by atoms with Gasteiger partial charge in [0.25, 0.3) is 0 Å². The molecule has 2 heterocycles. The number of anilines is 1. The van der Waals surface area contributed by atoms with E-state index in [-0.39, 0.29) is 11.8 Å². The van der Waals surface area contributed by atoms with Crippen molar-refractivity contribution in [1.82, 2.24) is 9.97 Å². The zero-order chi connectivity index (χ0) is 18.6. The van der Waals surface area contributed by atoms with Crippen LogP contribution in [0.3, 0.4) is 0 Å². The van der Waals surface area contributed by atoms with E-state index in [1.54, 1.807) is 31.1 Å². The summed E-state index contributed by atoms with van der Waals surface area (Å²) in [6, 6.07) is 1.70. The molecule has 0 saturated heterocycles. The second-order valence-electron chi connectivity index (χ2n) is 5.57.